The standard InChI is InChI=1S/C20H25N3O3/c1-5-25-12-17-22-16-11-21-15-10-8-7-9-14(15)18(16)23(17)13-20(3,4)19(24)26-6-2/h7-11H,5-6,12-13H2,1-4H3. The van der Waals surface area contributed by atoms with Gasteiger partial charge in [-0.1, -0.05) is 18.2 Å². The van der Waals surface area contributed by atoms with E-state index in [9.17, 15) is 4.79 Å². The Morgan fingerprint density at radius 3 is 2.65 bits per heavy atom. The molecule has 3 aromatic rings. The highest BCUT2D eigenvalue weighted by molar-refractivity contribution is 6.02. The highest BCUT2D eigenvalue weighted by Crippen LogP contribution is 2.29. The second-order valence-corrected chi connectivity index (χ2v) is 6.86. The van der Waals surface area contributed by atoms with Crippen LogP contribution in [0, 0.1) is 5.41 Å². The van der Waals surface area contributed by atoms with Crippen molar-refractivity contribution in [1.82, 2.24) is 14.5 Å². The number of nitrogens with zero attached hydrogens (tertiary/aromatic N) is 3. The smallest absolute Gasteiger partial charge is 0.313 e. The van der Waals surface area contributed by atoms with E-state index >= 15 is 0 Å². The molecule has 0 aliphatic carbocycles. The van der Waals surface area contributed by atoms with E-state index in [2.05, 4.69) is 9.55 Å². The summed E-state index contributed by atoms with van der Waals surface area (Å²) in [6.07, 6.45) is 1.78. The lowest BCUT2D eigenvalue weighted by atomic mass is 9.93. The molecule has 0 N–H and O–H groups in total. The number of esters is 1. The lowest BCUT2D eigenvalue weighted by Crippen LogP contribution is -2.32. The Balaban J connectivity index is 2.16. The maximum absolute atomic E-state index is 12.4. The number of rotatable bonds is 7. The molecule has 0 fully saturated rings. The Bertz CT molecular complexity index is 931. The molecule has 26 heavy (non-hydrogen) atoms. The maximum atomic E-state index is 12.4. The summed E-state index contributed by atoms with van der Waals surface area (Å²) in [5.41, 5.74) is 1.99. The Labute approximate surface area is 153 Å². The van der Waals surface area contributed by atoms with Crippen LogP contribution in [-0.2, 0) is 27.4 Å². The quantitative estimate of drug-likeness (QED) is 0.605. The normalized spacial score (nSPS) is 12.0. The fourth-order valence-electron chi connectivity index (χ4n) is 3.07. The zero-order chi connectivity index (χ0) is 18.7. The summed E-state index contributed by atoms with van der Waals surface area (Å²) < 4.78 is 12.9. The van der Waals surface area contributed by atoms with Gasteiger partial charge in [-0.15, -0.1) is 0 Å². The second-order valence-electron chi connectivity index (χ2n) is 6.86. The van der Waals surface area contributed by atoms with E-state index in [1.54, 1.807) is 6.20 Å². The number of benzene rings is 1. The third kappa shape index (κ3) is 3.42. The fourth-order valence-corrected chi connectivity index (χ4v) is 3.07. The van der Waals surface area contributed by atoms with Gasteiger partial charge in [0.2, 0.25) is 0 Å². The number of hydrogen-bond donors (Lipinski definition) is 0. The van der Waals surface area contributed by atoms with Gasteiger partial charge in [-0.05, 0) is 33.8 Å². The molecule has 0 radical (unpaired) electrons. The van der Waals surface area contributed by atoms with Crippen molar-refractivity contribution in [3.05, 3.63) is 36.3 Å². The number of pyridine rings is 1. The van der Waals surface area contributed by atoms with Crippen LogP contribution in [0.5, 0.6) is 0 Å². The fraction of sp³-hybridized carbons (Fsp3) is 0.450. The van der Waals surface area contributed by atoms with Crippen LogP contribution in [0.1, 0.15) is 33.5 Å². The largest absolute Gasteiger partial charge is 0.466 e. The van der Waals surface area contributed by atoms with Crippen molar-refractivity contribution >= 4 is 27.9 Å². The highest BCUT2D eigenvalue weighted by Gasteiger charge is 2.31. The van der Waals surface area contributed by atoms with Crippen LogP contribution in [0.2, 0.25) is 0 Å². The van der Waals surface area contributed by atoms with Gasteiger partial charge in [0.1, 0.15) is 17.9 Å². The number of ether oxygens (including phenoxy) is 2. The van der Waals surface area contributed by atoms with E-state index in [0.717, 1.165) is 27.8 Å². The van der Waals surface area contributed by atoms with E-state index in [-0.39, 0.29) is 5.97 Å². The van der Waals surface area contributed by atoms with Gasteiger partial charge in [0.25, 0.3) is 0 Å². The Morgan fingerprint density at radius 2 is 1.92 bits per heavy atom. The summed E-state index contributed by atoms with van der Waals surface area (Å²) in [5, 5.41) is 1.01. The average molecular weight is 355 g/mol. The molecule has 138 valence electrons. The van der Waals surface area contributed by atoms with Crippen molar-refractivity contribution in [3.8, 4) is 0 Å². The van der Waals surface area contributed by atoms with E-state index in [1.807, 2.05) is 52.0 Å². The van der Waals surface area contributed by atoms with Crippen molar-refractivity contribution in [2.45, 2.75) is 40.8 Å². The number of fused-ring (bicyclic) bond motifs is 3. The molecular formula is C20H25N3O3. The van der Waals surface area contributed by atoms with Crippen LogP contribution in [-0.4, -0.2) is 33.7 Å². The van der Waals surface area contributed by atoms with Crippen molar-refractivity contribution in [2.24, 2.45) is 5.41 Å². The molecular weight excluding hydrogens is 330 g/mol. The number of imidazole rings is 1. The molecule has 0 bridgehead atoms. The maximum Gasteiger partial charge on any atom is 0.313 e. The van der Waals surface area contributed by atoms with E-state index < -0.39 is 5.41 Å². The van der Waals surface area contributed by atoms with Crippen molar-refractivity contribution in [1.29, 1.82) is 0 Å². The minimum atomic E-state index is -0.686. The molecule has 0 aliphatic heterocycles. The van der Waals surface area contributed by atoms with Crippen LogP contribution in [0.3, 0.4) is 0 Å². The summed E-state index contributed by atoms with van der Waals surface area (Å²) in [7, 11) is 0. The van der Waals surface area contributed by atoms with Gasteiger partial charge in [0, 0.05) is 18.5 Å². The van der Waals surface area contributed by atoms with Crippen LogP contribution >= 0.6 is 0 Å². The summed E-state index contributed by atoms with van der Waals surface area (Å²) in [4.78, 5) is 21.6. The summed E-state index contributed by atoms with van der Waals surface area (Å²) in [6.45, 7) is 9.37. The third-order valence-corrected chi connectivity index (χ3v) is 4.38. The predicted molar refractivity (Wildman–Crippen MR) is 101 cm³/mol. The topological polar surface area (TPSA) is 66.2 Å². The molecule has 0 amide bonds. The number of aromatic nitrogens is 3. The summed E-state index contributed by atoms with van der Waals surface area (Å²) in [6, 6.07) is 7.96. The van der Waals surface area contributed by atoms with Crippen molar-refractivity contribution < 1.29 is 14.3 Å². The minimum absolute atomic E-state index is 0.220. The second kappa shape index (κ2) is 7.41. The minimum Gasteiger partial charge on any atom is -0.466 e. The van der Waals surface area contributed by atoms with Crippen molar-refractivity contribution in [3.63, 3.8) is 0 Å². The first-order chi connectivity index (χ1) is 12.5. The first-order valence-corrected chi connectivity index (χ1v) is 8.95. The van der Waals surface area contributed by atoms with E-state index in [1.165, 1.54) is 0 Å². The first kappa shape index (κ1) is 18.3. The number of carbonyl (C=O) groups is 1. The van der Waals surface area contributed by atoms with Crippen LogP contribution in [0.4, 0.5) is 0 Å². The van der Waals surface area contributed by atoms with Crippen LogP contribution in [0.25, 0.3) is 21.9 Å². The molecule has 0 atom stereocenters. The van der Waals surface area contributed by atoms with Crippen molar-refractivity contribution in [2.75, 3.05) is 13.2 Å². The molecule has 3 rings (SSSR count). The van der Waals surface area contributed by atoms with Crippen LogP contribution in [0.15, 0.2) is 30.5 Å². The molecule has 0 spiro atoms. The van der Waals surface area contributed by atoms with E-state index in [4.69, 9.17) is 14.5 Å². The average Bonchev–Trinajstić information content (AvgIpc) is 2.97. The molecule has 1 aromatic carbocycles. The lowest BCUT2D eigenvalue weighted by Gasteiger charge is -2.24. The molecule has 0 aliphatic rings. The molecule has 0 unspecified atom stereocenters. The molecule has 0 saturated carbocycles. The van der Waals surface area contributed by atoms with Crippen LogP contribution < -0.4 is 0 Å². The third-order valence-electron chi connectivity index (χ3n) is 4.38. The van der Waals surface area contributed by atoms with E-state index in [0.29, 0.717) is 26.4 Å². The predicted octanol–water partition coefficient (Wildman–Crippen LogP) is 3.71. The molecule has 2 aromatic heterocycles. The highest BCUT2D eigenvalue weighted by atomic mass is 16.5. The molecule has 6 heteroatoms. The van der Waals surface area contributed by atoms with Gasteiger partial charge in [0.15, 0.2) is 0 Å². The van der Waals surface area contributed by atoms with Gasteiger partial charge in [-0.3, -0.25) is 9.78 Å². The zero-order valence-electron chi connectivity index (χ0n) is 15.8. The summed E-state index contributed by atoms with van der Waals surface area (Å²) >= 11 is 0. The van der Waals surface area contributed by atoms with Gasteiger partial charge < -0.3 is 14.0 Å². The number of carbonyl (C=O) groups excluding carboxylic acids is 1. The Morgan fingerprint density at radius 1 is 1.15 bits per heavy atom. The Kier molecular flexibility index (Phi) is 5.23. The molecule has 2 heterocycles. The van der Waals surface area contributed by atoms with Gasteiger partial charge in [0.05, 0.1) is 29.3 Å². The van der Waals surface area contributed by atoms with Gasteiger partial charge in [-0.25, -0.2) is 4.98 Å². The SMILES string of the molecule is CCOCc1nc2cnc3ccccc3c2n1CC(C)(C)C(=O)OCC. The Hall–Kier alpha value is -2.47. The molecule has 6 nitrogen and oxygen atoms in total. The number of para-hydroxylation sites is 1. The molecule has 0 saturated heterocycles. The summed E-state index contributed by atoms with van der Waals surface area (Å²) in [5.74, 6) is 0.569. The van der Waals surface area contributed by atoms with Gasteiger partial charge >= 0.3 is 5.97 Å². The van der Waals surface area contributed by atoms with Gasteiger partial charge in [-0.2, -0.15) is 0 Å². The zero-order valence-corrected chi connectivity index (χ0v) is 15.8. The monoisotopic (exact) mass is 355 g/mol. The lowest BCUT2D eigenvalue weighted by molar-refractivity contribution is -0.154. The number of hydrogen-bond acceptors (Lipinski definition) is 5. The first-order valence-electron chi connectivity index (χ1n) is 8.95.